The summed E-state index contributed by atoms with van der Waals surface area (Å²) in [4.78, 5) is 0. The molecule has 3 N–H and O–H groups in total. The maximum absolute atomic E-state index is 9.75. The van der Waals surface area contributed by atoms with Crippen LogP contribution in [0.4, 0.5) is 17.3 Å². The Hall–Kier alpha value is -0.255. The van der Waals surface area contributed by atoms with Crippen molar-refractivity contribution < 1.29 is 23.0 Å². The van der Waals surface area contributed by atoms with Gasteiger partial charge in [0.1, 0.15) is 0 Å². The van der Waals surface area contributed by atoms with Crippen molar-refractivity contribution in [2.75, 3.05) is 0 Å². The molecule has 0 bridgehead atoms. The van der Waals surface area contributed by atoms with Crippen molar-refractivity contribution in [2.45, 2.75) is 46.1 Å². The molecule has 0 radical (unpaired) electrons. The number of hydrogen-bond donors (Lipinski definition) is 1. The monoisotopic (exact) mass is 217 g/mol. The Morgan fingerprint density at radius 3 is 1.29 bits per heavy atom. The van der Waals surface area contributed by atoms with Crippen molar-refractivity contribution in [3.8, 4) is 0 Å². The zero-order chi connectivity index (χ0) is 11.8. The lowest BCUT2D eigenvalue weighted by molar-refractivity contribution is -0.434. The Balaban J connectivity index is 0. The van der Waals surface area contributed by atoms with Crippen LogP contribution in [0.1, 0.15) is 40.0 Å². The van der Waals surface area contributed by atoms with Crippen LogP contribution in [-0.4, -0.2) is 13.3 Å². The van der Waals surface area contributed by atoms with Gasteiger partial charge in [-0.15, -0.1) is 0 Å². The van der Waals surface area contributed by atoms with Gasteiger partial charge in [-0.3, -0.25) is 0 Å². The summed E-state index contributed by atoms with van der Waals surface area (Å²) in [6.45, 7) is 6.72. The highest BCUT2D eigenvalue weighted by Crippen LogP contribution is 2.11. The molecule has 6 heteroatoms. The van der Waals surface area contributed by atoms with Crippen molar-refractivity contribution in [2.24, 2.45) is 5.92 Å². The van der Waals surface area contributed by atoms with E-state index in [1.54, 1.807) is 0 Å². The van der Waals surface area contributed by atoms with Crippen molar-refractivity contribution in [3.05, 3.63) is 0 Å². The van der Waals surface area contributed by atoms with Crippen molar-refractivity contribution in [1.29, 1.82) is 0 Å². The molecular formula is C8H20BF4N. The molecule has 0 rings (SSSR count). The maximum atomic E-state index is 9.75. The maximum Gasteiger partial charge on any atom is 0.673 e. The van der Waals surface area contributed by atoms with Gasteiger partial charge in [-0.2, -0.15) is 0 Å². The third kappa shape index (κ3) is 14.3. The SMILES string of the molecule is CCC([NH3+])C(CC)CC.F[B-](F)(F)F. The Morgan fingerprint density at radius 1 is 0.929 bits per heavy atom. The lowest BCUT2D eigenvalue weighted by Gasteiger charge is -2.15. The van der Waals surface area contributed by atoms with E-state index in [1.807, 2.05) is 0 Å². The Labute approximate surface area is 83.2 Å². The average molecular weight is 217 g/mol. The fourth-order valence-corrected chi connectivity index (χ4v) is 1.29. The van der Waals surface area contributed by atoms with Gasteiger partial charge in [0.2, 0.25) is 0 Å². The highest BCUT2D eigenvalue weighted by molar-refractivity contribution is 6.50. The van der Waals surface area contributed by atoms with E-state index in [1.165, 1.54) is 19.3 Å². The van der Waals surface area contributed by atoms with Crippen molar-refractivity contribution in [1.82, 2.24) is 0 Å². The molecule has 1 nitrogen and oxygen atoms in total. The predicted molar refractivity (Wildman–Crippen MR) is 51.2 cm³/mol. The van der Waals surface area contributed by atoms with Crippen LogP contribution in [0, 0.1) is 5.92 Å². The number of quaternary nitrogens is 1. The van der Waals surface area contributed by atoms with E-state index in [0.29, 0.717) is 6.04 Å². The topological polar surface area (TPSA) is 27.6 Å². The van der Waals surface area contributed by atoms with Crippen molar-refractivity contribution >= 4 is 7.25 Å². The Kier molecular flexibility index (Phi) is 9.35. The summed E-state index contributed by atoms with van der Waals surface area (Å²) in [5.41, 5.74) is 4.10. The predicted octanol–water partition coefficient (Wildman–Crippen LogP) is 2.74. The second kappa shape index (κ2) is 8.09. The molecule has 0 amide bonds. The molecule has 0 aromatic rings. The van der Waals surface area contributed by atoms with Gasteiger partial charge in [-0.25, -0.2) is 0 Å². The fraction of sp³-hybridized carbons (Fsp3) is 1.00. The average Bonchev–Trinajstić information content (AvgIpc) is 2.03. The molecule has 0 spiro atoms. The molecule has 0 saturated heterocycles. The molecule has 88 valence electrons. The van der Waals surface area contributed by atoms with Gasteiger partial charge in [0.25, 0.3) is 0 Å². The summed E-state index contributed by atoms with van der Waals surface area (Å²) < 4.78 is 39.0. The first-order chi connectivity index (χ1) is 6.26. The van der Waals surface area contributed by atoms with E-state index in [4.69, 9.17) is 0 Å². The van der Waals surface area contributed by atoms with Crippen LogP contribution in [0.3, 0.4) is 0 Å². The summed E-state index contributed by atoms with van der Waals surface area (Å²) in [5.74, 6) is 0.856. The third-order valence-corrected chi connectivity index (χ3v) is 2.24. The fourth-order valence-electron chi connectivity index (χ4n) is 1.29. The van der Waals surface area contributed by atoms with Gasteiger partial charge in [-0.05, 0) is 19.3 Å². The van der Waals surface area contributed by atoms with Crippen LogP contribution in [-0.2, 0) is 0 Å². The number of halogens is 4. The molecule has 0 heterocycles. The van der Waals surface area contributed by atoms with Crippen LogP contribution in [0.25, 0.3) is 0 Å². The first-order valence-electron chi connectivity index (χ1n) is 4.96. The van der Waals surface area contributed by atoms with E-state index in [0.717, 1.165) is 5.92 Å². The second-order valence-corrected chi connectivity index (χ2v) is 3.24. The summed E-state index contributed by atoms with van der Waals surface area (Å²) in [6, 6.07) is 0.681. The summed E-state index contributed by atoms with van der Waals surface area (Å²) in [7, 11) is -6.00. The first-order valence-corrected chi connectivity index (χ1v) is 4.96. The van der Waals surface area contributed by atoms with E-state index >= 15 is 0 Å². The lowest BCUT2D eigenvalue weighted by Crippen LogP contribution is -2.63. The molecular weight excluding hydrogens is 197 g/mol. The molecule has 1 unspecified atom stereocenters. The van der Waals surface area contributed by atoms with Crippen LogP contribution in [0.15, 0.2) is 0 Å². The highest BCUT2D eigenvalue weighted by Gasteiger charge is 2.20. The van der Waals surface area contributed by atoms with Gasteiger partial charge < -0.3 is 23.0 Å². The molecule has 0 aliphatic carbocycles. The quantitative estimate of drug-likeness (QED) is 0.553. The van der Waals surface area contributed by atoms with Crippen LogP contribution in [0.2, 0.25) is 0 Å². The minimum atomic E-state index is -6.00. The second-order valence-electron chi connectivity index (χ2n) is 3.24. The molecule has 0 aromatic heterocycles. The number of hydrogen-bond acceptors (Lipinski definition) is 0. The number of rotatable bonds is 4. The van der Waals surface area contributed by atoms with E-state index in [9.17, 15) is 17.3 Å². The van der Waals surface area contributed by atoms with E-state index in [2.05, 4.69) is 26.5 Å². The largest absolute Gasteiger partial charge is 0.673 e. The summed E-state index contributed by atoms with van der Waals surface area (Å²) in [6.07, 6.45) is 3.81. The van der Waals surface area contributed by atoms with Crippen LogP contribution < -0.4 is 5.73 Å². The molecule has 0 aromatic carbocycles. The van der Waals surface area contributed by atoms with Crippen molar-refractivity contribution in [3.63, 3.8) is 0 Å². The molecule has 0 saturated carbocycles. The lowest BCUT2D eigenvalue weighted by atomic mass is 9.93. The normalized spacial score (nSPS) is 13.5. The highest BCUT2D eigenvalue weighted by atomic mass is 19.5. The third-order valence-electron chi connectivity index (χ3n) is 2.24. The minimum Gasteiger partial charge on any atom is -0.418 e. The van der Waals surface area contributed by atoms with Gasteiger partial charge in [0.15, 0.2) is 0 Å². The van der Waals surface area contributed by atoms with E-state index < -0.39 is 7.25 Å². The van der Waals surface area contributed by atoms with Gasteiger partial charge in [0.05, 0.1) is 6.04 Å². The summed E-state index contributed by atoms with van der Waals surface area (Å²) >= 11 is 0. The standard InChI is InChI=1S/C8H19N.BF4/c1-4-7(5-2)8(9)6-3;2-1(3,4)5/h7-8H,4-6,9H2,1-3H3;/q;-1/p+1. The van der Waals surface area contributed by atoms with Crippen LogP contribution >= 0.6 is 0 Å². The molecule has 0 aliphatic heterocycles. The molecule has 1 atom stereocenters. The molecule has 0 aliphatic rings. The zero-order valence-electron chi connectivity index (χ0n) is 9.07. The molecule has 14 heavy (non-hydrogen) atoms. The smallest absolute Gasteiger partial charge is 0.418 e. The van der Waals surface area contributed by atoms with Gasteiger partial charge in [0, 0.05) is 5.92 Å². The summed E-state index contributed by atoms with van der Waals surface area (Å²) in [5, 5.41) is 0. The minimum absolute atomic E-state index is 0.681. The van der Waals surface area contributed by atoms with Gasteiger partial charge in [-0.1, -0.05) is 20.8 Å². The zero-order valence-corrected chi connectivity index (χ0v) is 9.07. The van der Waals surface area contributed by atoms with Gasteiger partial charge >= 0.3 is 7.25 Å². The Morgan fingerprint density at radius 2 is 1.21 bits per heavy atom. The first kappa shape index (κ1) is 16.2. The molecule has 0 fully saturated rings. The van der Waals surface area contributed by atoms with Crippen LogP contribution in [0.5, 0.6) is 0 Å². The Bertz CT molecular complexity index is 119. The van der Waals surface area contributed by atoms with E-state index in [-0.39, 0.29) is 0 Å².